The third-order valence-corrected chi connectivity index (χ3v) is 4.63. The van der Waals surface area contributed by atoms with Crippen LogP contribution in [0.1, 0.15) is 18.9 Å². The molecule has 1 aromatic heterocycles. The summed E-state index contributed by atoms with van der Waals surface area (Å²) >= 11 is 0. The average Bonchev–Trinajstić information content (AvgIpc) is 3.19. The number of carbonyl (C=O) groups excluding carboxylic acids is 1. The van der Waals surface area contributed by atoms with E-state index in [9.17, 15) is 9.90 Å². The number of benzene rings is 1. The van der Waals surface area contributed by atoms with E-state index in [4.69, 9.17) is 9.47 Å². The first-order valence-corrected chi connectivity index (χ1v) is 8.32. The highest BCUT2D eigenvalue weighted by Crippen LogP contribution is 2.30. The van der Waals surface area contributed by atoms with E-state index in [1.165, 1.54) is 0 Å². The molecule has 1 aliphatic rings. The molecule has 2 aromatic rings. The second-order valence-corrected chi connectivity index (χ2v) is 6.08. The second kappa shape index (κ2) is 7.23. The Hall–Kier alpha value is -2.05. The van der Waals surface area contributed by atoms with Gasteiger partial charge in [-0.2, -0.15) is 0 Å². The van der Waals surface area contributed by atoms with Crippen LogP contribution in [-0.2, 0) is 16.0 Å². The SMILES string of the molecule is CCOc1cccc2[nH]cc(CC(=O)N3C[C@H](OC)C[C@H]3CO)c12. The van der Waals surface area contributed by atoms with E-state index in [-0.39, 0.29) is 31.1 Å². The van der Waals surface area contributed by atoms with Crippen LogP contribution in [0.2, 0.25) is 0 Å². The van der Waals surface area contributed by atoms with E-state index < -0.39 is 0 Å². The van der Waals surface area contributed by atoms with Gasteiger partial charge in [-0.05, 0) is 31.0 Å². The first kappa shape index (κ1) is 16.8. The number of rotatable bonds is 6. The van der Waals surface area contributed by atoms with E-state index in [1.54, 1.807) is 12.0 Å². The number of aromatic nitrogens is 1. The summed E-state index contributed by atoms with van der Waals surface area (Å²) in [5, 5.41) is 10.5. The van der Waals surface area contributed by atoms with Crippen molar-refractivity contribution in [1.82, 2.24) is 9.88 Å². The molecule has 0 spiro atoms. The second-order valence-electron chi connectivity index (χ2n) is 6.08. The molecular weight excluding hydrogens is 308 g/mol. The number of aromatic amines is 1. The number of hydrogen-bond donors (Lipinski definition) is 2. The highest BCUT2D eigenvalue weighted by atomic mass is 16.5. The van der Waals surface area contributed by atoms with Gasteiger partial charge in [0.15, 0.2) is 0 Å². The molecule has 1 amide bonds. The minimum atomic E-state index is -0.168. The Labute approximate surface area is 141 Å². The van der Waals surface area contributed by atoms with E-state index in [1.807, 2.05) is 31.3 Å². The van der Waals surface area contributed by atoms with Crippen molar-refractivity contribution >= 4 is 16.8 Å². The van der Waals surface area contributed by atoms with Gasteiger partial charge in [-0.25, -0.2) is 0 Å². The van der Waals surface area contributed by atoms with Crippen molar-refractivity contribution in [3.8, 4) is 5.75 Å². The maximum atomic E-state index is 12.8. The Bertz CT molecular complexity index is 712. The highest BCUT2D eigenvalue weighted by molar-refractivity contribution is 5.93. The molecule has 0 unspecified atom stereocenters. The van der Waals surface area contributed by atoms with Crippen LogP contribution in [0.25, 0.3) is 10.9 Å². The van der Waals surface area contributed by atoms with Crippen LogP contribution in [-0.4, -0.2) is 59.9 Å². The van der Waals surface area contributed by atoms with Crippen molar-refractivity contribution in [2.45, 2.75) is 31.9 Å². The standard InChI is InChI=1S/C18H24N2O4/c1-3-24-16-6-4-5-15-18(16)12(9-19-15)7-17(22)20-10-14(23-2)8-13(20)11-21/h4-6,9,13-14,19,21H,3,7-8,10-11H2,1-2H3/t13-,14+/m0/s1. The zero-order valence-corrected chi connectivity index (χ0v) is 14.1. The van der Waals surface area contributed by atoms with Gasteiger partial charge in [-0.3, -0.25) is 4.79 Å². The molecule has 2 N–H and O–H groups in total. The van der Waals surface area contributed by atoms with Crippen molar-refractivity contribution in [3.05, 3.63) is 30.0 Å². The zero-order chi connectivity index (χ0) is 17.1. The predicted molar refractivity (Wildman–Crippen MR) is 91.2 cm³/mol. The lowest BCUT2D eigenvalue weighted by Crippen LogP contribution is -2.38. The van der Waals surface area contributed by atoms with Crippen LogP contribution >= 0.6 is 0 Å². The van der Waals surface area contributed by atoms with Gasteiger partial charge in [0.05, 0.1) is 31.8 Å². The van der Waals surface area contributed by atoms with E-state index >= 15 is 0 Å². The largest absolute Gasteiger partial charge is 0.493 e. The third-order valence-electron chi connectivity index (χ3n) is 4.63. The highest BCUT2D eigenvalue weighted by Gasteiger charge is 2.34. The van der Waals surface area contributed by atoms with Crippen molar-refractivity contribution in [2.24, 2.45) is 0 Å². The molecule has 1 aromatic carbocycles. The number of H-pyrrole nitrogens is 1. The molecule has 1 fully saturated rings. The quantitative estimate of drug-likeness (QED) is 0.845. The smallest absolute Gasteiger partial charge is 0.227 e. The molecule has 6 heteroatoms. The predicted octanol–water partition coefficient (Wildman–Crippen LogP) is 1.72. The van der Waals surface area contributed by atoms with E-state index in [0.29, 0.717) is 19.6 Å². The summed E-state index contributed by atoms with van der Waals surface area (Å²) in [4.78, 5) is 17.7. The third kappa shape index (κ3) is 3.12. The maximum Gasteiger partial charge on any atom is 0.227 e. The summed E-state index contributed by atoms with van der Waals surface area (Å²) in [7, 11) is 1.64. The first-order valence-electron chi connectivity index (χ1n) is 8.32. The number of likely N-dealkylation sites (tertiary alicyclic amines) is 1. The summed E-state index contributed by atoms with van der Waals surface area (Å²) in [5.41, 5.74) is 1.87. The number of amides is 1. The fraction of sp³-hybridized carbons (Fsp3) is 0.500. The summed E-state index contributed by atoms with van der Waals surface area (Å²) in [6.07, 6.45) is 2.81. The van der Waals surface area contributed by atoms with Crippen LogP contribution in [0.15, 0.2) is 24.4 Å². The minimum absolute atomic E-state index is 0.000742. The molecule has 6 nitrogen and oxygen atoms in total. The number of aliphatic hydroxyl groups is 1. The van der Waals surface area contributed by atoms with E-state index in [0.717, 1.165) is 22.2 Å². The molecule has 0 aliphatic carbocycles. The van der Waals surface area contributed by atoms with Crippen molar-refractivity contribution in [3.63, 3.8) is 0 Å². The fourth-order valence-corrected chi connectivity index (χ4v) is 3.42. The summed E-state index contributed by atoms with van der Waals surface area (Å²) < 4.78 is 11.0. The van der Waals surface area contributed by atoms with Crippen molar-refractivity contribution < 1.29 is 19.4 Å². The summed E-state index contributed by atoms with van der Waals surface area (Å²) in [6.45, 7) is 3.01. The zero-order valence-electron chi connectivity index (χ0n) is 14.1. The normalized spacial score (nSPS) is 20.7. The van der Waals surface area contributed by atoms with Gasteiger partial charge in [0, 0.05) is 30.8 Å². The van der Waals surface area contributed by atoms with Crippen LogP contribution in [0.4, 0.5) is 0 Å². The van der Waals surface area contributed by atoms with Gasteiger partial charge < -0.3 is 24.5 Å². The number of nitrogens with one attached hydrogen (secondary N) is 1. The molecule has 0 saturated carbocycles. The Balaban J connectivity index is 1.83. The monoisotopic (exact) mass is 332 g/mol. The van der Waals surface area contributed by atoms with Gasteiger partial charge in [0.2, 0.25) is 5.91 Å². The van der Waals surface area contributed by atoms with Gasteiger partial charge in [0.1, 0.15) is 5.75 Å². The van der Waals surface area contributed by atoms with Gasteiger partial charge in [-0.1, -0.05) is 6.07 Å². The molecule has 1 aliphatic heterocycles. The number of fused-ring (bicyclic) bond motifs is 1. The number of aliphatic hydroxyl groups excluding tert-OH is 1. The molecule has 24 heavy (non-hydrogen) atoms. The fourth-order valence-electron chi connectivity index (χ4n) is 3.42. The molecule has 1 saturated heterocycles. The molecule has 3 rings (SSSR count). The maximum absolute atomic E-state index is 12.8. The van der Waals surface area contributed by atoms with Gasteiger partial charge in [0.25, 0.3) is 0 Å². The number of ether oxygens (including phenoxy) is 2. The molecular formula is C18H24N2O4. The molecule has 2 atom stereocenters. The molecule has 2 heterocycles. The Morgan fingerprint density at radius 2 is 2.29 bits per heavy atom. The number of hydrogen-bond acceptors (Lipinski definition) is 4. The molecule has 130 valence electrons. The van der Waals surface area contributed by atoms with Crippen LogP contribution in [0.3, 0.4) is 0 Å². The number of carbonyl (C=O) groups is 1. The lowest BCUT2D eigenvalue weighted by molar-refractivity contribution is -0.132. The van der Waals surface area contributed by atoms with Crippen LogP contribution in [0, 0.1) is 0 Å². The van der Waals surface area contributed by atoms with Crippen LogP contribution in [0.5, 0.6) is 5.75 Å². The lowest BCUT2D eigenvalue weighted by Gasteiger charge is -2.22. The molecule has 0 bridgehead atoms. The topological polar surface area (TPSA) is 74.8 Å². The first-order chi connectivity index (χ1) is 11.7. The van der Waals surface area contributed by atoms with Crippen LogP contribution < -0.4 is 4.74 Å². The van der Waals surface area contributed by atoms with Gasteiger partial charge in [-0.15, -0.1) is 0 Å². The number of nitrogens with zero attached hydrogens (tertiary/aromatic N) is 1. The Morgan fingerprint density at radius 3 is 3.00 bits per heavy atom. The Morgan fingerprint density at radius 1 is 1.46 bits per heavy atom. The molecule has 0 radical (unpaired) electrons. The van der Waals surface area contributed by atoms with Crippen molar-refractivity contribution in [1.29, 1.82) is 0 Å². The van der Waals surface area contributed by atoms with Gasteiger partial charge >= 0.3 is 0 Å². The number of methoxy groups -OCH3 is 1. The lowest BCUT2D eigenvalue weighted by atomic mass is 10.1. The van der Waals surface area contributed by atoms with Crippen molar-refractivity contribution in [2.75, 3.05) is 26.9 Å². The Kier molecular flexibility index (Phi) is 5.06. The summed E-state index contributed by atoms with van der Waals surface area (Å²) in [6, 6.07) is 5.65. The van der Waals surface area contributed by atoms with E-state index in [2.05, 4.69) is 4.98 Å². The minimum Gasteiger partial charge on any atom is -0.493 e. The average molecular weight is 332 g/mol. The summed E-state index contributed by atoms with van der Waals surface area (Å²) in [5.74, 6) is 0.787.